The van der Waals surface area contributed by atoms with E-state index in [0.717, 1.165) is 44.6 Å². The van der Waals surface area contributed by atoms with Gasteiger partial charge in [0.15, 0.2) is 0 Å². The Kier molecular flexibility index (Phi) is 4.45. The molecule has 2 N–H and O–H groups in total. The maximum absolute atomic E-state index is 6.51. The predicted octanol–water partition coefficient (Wildman–Crippen LogP) is 2.00. The van der Waals surface area contributed by atoms with Gasteiger partial charge in [0.2, 0.25) is 0 Å². The lowest BCUT2D eigenvalue weighted by Gasteiger charge is -2.38. The van der Waals surface area contributed by atoms with Crippen molar-refractivity contribution in [1.82, 2.24) is 4.90 Å². The molecule has 1 heterocycles. The van der Waals surface area contributed by atoms with Gasteiger partial charge < -0.3 is 10.5 Å². The van der Waals surface area contributed by atoms with Gasteiger partial charge in [-0.05, 0) is 44.6 Å². The number of hydrogen-bond donors (Lipinski definition) is 1. The zero-order valence-corrected chi connectivity index (χ0v) is 11.5. The van der Waals surface area contributed by atoms with E-state index in [-0.39, 0.29) is 5.54 Å². The van der Waals surface area contributed by atoms with Gasteiger partial charge in [0, 0.05) is 31.3 Å². The van der Waals surface area contributed by atoms with E-state index in [1.807, 2.05) is 0 Å². The van der Waals surface area contributed by atoms with Gasteiger partial charge in [0.25, 0.3) is 0 Å². The van der Waals surface area contributed by atoms with Gasteiger partial charge in [-0.1, -0.05) is 13.8 Å². The summed E-state index contributed by atoms with van der Waals surface area (Å²) in [5.41, 5.74) is 6.52. The molecule has 17 heavy (non-hydrogen) atoms. The summed E-state index contributed by atoms with van der Waals surface area (Å²) in [6.45, 7) is 8.60. The Morgan fingerprint density at radius 3 is 2.47 bits per heavy atom. The van der Waals surface area contributed by atoms with Crippen LogP contribution in [0.5, 0.6) is 0 Å². The largest absolute Gasteiger partial charge is 0.381 e. The quantitative estimate of drug-likeness (QED) is 0.772. The fraction of sp³-hybridized carbons (Fsp3) is 1.00. The highest BCUT2D eigenvalue weighted by Crippen LogP contribution is 2.30. The van der Waals surface area contributed by atoms with Gasteiger partial charge in [0.05, 0.1) is 0 Å². The van der Waals surface area contributed by atoms with Crippen molar-refractivity contribution in [2.24, 2.45) is 11.7 Å². The Balaban J connectivity index is 1.83. The number of nitrogens with zero attached hydrogens (tertiary/aromatic N) is 1. The average Bonchev–Trinajstić information content (AvgIpc) is 3.08. The van der Waals surface area contributed by atoms with Crippen LogP contribution in [-0.4, -0.2) is 42.8 Å². The Morgan fingerprint density at radius 1 is 1.29 bits per heavy atom. The average molecular weight is 240 g/mol. The van der Waals surface area contributed by atoms with Crippen LogP contribution in [0, 0.1) is 5.92 Å². The first-order valence-corrected chi connectivity index (χ1v) is 7.20. The van der Waals surface area contributed by atoms with Crippen LogP contribution in [0.2, 0.25) is 0 Å². The smallest absolute Gasteiger partial charge is 0.0484 e. The van der Waals surface area contributed by atoms with Gasteiger partial charge in [-0.2, -0.15) is 0 Å². The van der Waals surface area contributed by atoms with Crippen LogP contribution in [0.4, 0.5) is 0 Å². The third-order valence-electron chi connectivity index (χ3n) is 4.06. The Bertz CT molecular complexity index is 232. The molecule has 0 unspecified atom stereocenters. The summed E-state index contributed by atoms with van der Waals surface area (Å²) in [5.74, 6) is 0.791. The molecule has 3 nitrogen and oxygen atoms in total. The summed E-state index contributed by atoms with van der Waals surface area (Å²) in [6.07, 6.45) is 6.11. The second-order valence-corrected chi connectivity index (χ2v) is 6.36. The van der Waals surface area contributed by atoms with E-state index in [4.69, 9.17) is 10.5 Å². The zero-order chi connectivity index (χ0) is 12.3. The van der Waals surface area contributed by atoms with Crippen molar-refractivity contribution in [3.05, 3.63) is 0 Å². The van der Waals surface area contributed by atoms with Crippen LogP contribution in [0.15, 0.2) is 0 Å². The van der Waals surface area contributed by atoms with E-state index in [1.54, 1.807) is 0 Å². The number of hydrogen-bond acceptors (Lipinski definition) is 3. The SMILES string of the molecule is CC(C)CCN(CC1(N)CCOCC1)C1CC1. The molecule has 1 aliphatic heterocycles. The normalized spacial score (nSPS) is 24.5. The molecule has 0 amide bonds. The lowest BCUT2D eigenvalue weighted by atomic mass is 9.90. The maximum Gasteiger partial charge on any atom is 0.0484 e. The van der Waals surface area contributed by atoms with Crippen molar-refractivity contribution in [3.63, 3.8) is 0 Å². The van der Waals surface area contributed by atoms with E-state index in [2.05, 4.69) is 18.7 Å². The number of rotatable bonds is 6. The predicted molar refractivity (Wildman–Crippen MR) is 71.0 cm³/mol. The molecule has 2 rings (SSSR count). The summed E-state index contributed by atoms with van der Waals surface area (Å²) in [7, 11) is 0. The Morgan fingerprint density at radius 2 is 1.94 bits per heavy atom. The minimum absolute atomic E-state index is 0.0117. The lowest BCUT2D eigenvalue weighted by molar-refractivity contribution is 0.0356. The molecule has 0 aromatic heterocycles. The Hall–Kier alpha value is -0.120. The first kappa shape index (κ1) is 13.3. The number of ether oxygens (including phenoxy) is 1. The van der Waals surface area contributed by atoms with Crippen LogP contribution in [-0.2, 0) is 4.74 Å². The molecular formula is C14H28N2O. The zero-order valence-electron chi connectivity index (χ0n) is 11.5. The highest BCUT2D eigenvalue weighted by molar-refractivity contribution is 4.94. The molecule has 3 heteroatoms. The monoisotopic (exact) mass is 240 g/mol. The summed E-state index contributed by atoms with van der Waals surface area (Å²) >= 11 is 0. The fourth-order valence-electron chi connectivity index (χ4n) is 2.59. The summed E-state index contributed by atoms with van der Waals surface area (Å²) < 4.78 is 5.42. The van der Waals surface area contributed by atoms with E-state index in [1.165, 1.54) is 25.8 Å². The summed E-state index contributed by atoms with van der Waals surface area (Å²) in [5, 5.41) is 0. The van der Waals surface area contributed by atoms with Gasteiger partial charge in [-0.3, -0.25) is 4.90 Å². The molecule has 1 saturated heterocycles. The van der Waals surface area contributed by atoms with Gasteiger partial charge >= 0.3 is 0 Å². The third kappa shape index (κ3) is 4.23. The van der Waals surface area contributed by atoms with E-state index >= 15 is 0 Å². The standard InChI is InChI=1S/C14H28N2O/c1-12(2)5-8-16(13-3-4-13)11-14(15)6-9-17-10-7-14/h12-13H,3-11,15H2,1-2H3. The molecule has 0 aromatic rings. The summed E-state index contributed by atoms with van der Waals surface area (Å²) in [4.78, 5) is 2.64. The molecule has 1 saturated carbocycles. The second kappa shape index (κ2) is 5.68. The van der Waals surface area contributed by atoms with Crippen molar-refractivity contribution in [1.29, 1.82) is 0 Å². The van der Waals surface area contributed by atoms with Gasteiger partial charge in [-0.25, -0.2) is 0 Å². The van der Waals surface area contributed by atoms with Crippen LogP contribution < -0.4 is 5.73 Å². The maximum atomic E-state index is 6.51. The second-order valence-electron chi connectivity index (χ2n) is 6.36. The van der Waals surface area contributed by atoms with Crippen LogP contribution in [0.25, 0.3) is 0 Å². The van der Waals surface area contributed by atoms with E-state index < -0.39 is 0 Å². The first-order chi connectivity index (χ1) is 8.09. The first-order valence-electron chi connectivity index (χ1n) is 7.20. The van der Waals surface area contributed by atoms with E-state index in [9.17, 15) is 0 Å². The molecule has 0 aromatic carbocycles. The minimum Gasteiger partial charge on any atom is -0.381 e. The topological polar surface area (TPSA) is 38.5 Å². The van der Waals surface area contributed by atoms with Gasteiger partial charge in [0.1, 0.15) is 0 Å². The van der Waals surface area contributed by atoms with Crippen molar-refractivity contribution in [3.8, 4) is 0 Å². The molecule has 0 radical (unpaired) electrons. The van der Waals surface area contributed by atoms with Crippen molar-refractivity contribution in [2.45, 2.75) is 57.5 Å². The molecule has 2 fully saturated rings. The molecule has 1 aliphatic carbocycles. The van der Waals surface area contributed by atoms with Gasteiger partial charge in [-0.15, -0.1) is 0 Å². The molecule has 0 bridgehead atoms. The van der Waals surface area contributed by atoms with Crippen LogP contribution in [0.1, 0.15) is 46.0 Å². The highest BCUT2D eigenvalue weighted by Gasteiger charge is 2.36. The molecule has 2 aliphatic rings. The molecule has 0 atom stereocenters. The molecule has 0 spiro atoms. The number of nitrogens with two attached hydrogens (primary N) is 1. The van der Waals surface area contributed by atoms with Crippen LogP contribution >= 0.6 is 0 Å². The fourth-order valence-corrected chi connectivity index (χ4v) is 2.59. The minimum atomic E-state index is 0.0117. The lowest BCUT2D eigenvalue weighted by Crippen LogP contribution is -2.54. The third-order valence-corrected chi connectivity index (χ3v) is 4.06. The Labute approximate surface area is 106 Å². The van der Waals surface area contributed by atoms with Crippen LogP contribution in [0.3, 0.4) is 0 Å². The van der Waals surface area contributed by atoms with E-state index in [0.29, 0.717) is 0 Å². The molecule has 100 valence electrons. The van der Waals surface area contributed by atoms with Crippen molar-refractivity contribution >= 4 is 0 Å². The van der Waals surface area contributed by atoms with Crippen molar-refractivity contribution < 1.29 is 4.74 Å². The molecular weight excluding hydrogens is 212 g/mol. The van der Waals surface area contributed by atoms with Crippen molar-refractivity contribution in [2.75, 3.05) is 26.3 Å². The summed E-state index contributed by atoms with van der Waals surface area (Å²) in [6, 6.07) is 0.831. The highest BCUT2D eigenvalue weighted by atomic mass is 16.5.